The number of amidine groups is 1. The number of unbranched alkanes of at least 4 members (excludes halogenated alkanes) is 1. The first-order valence-electron chi connectivity index (χ1n) is 4.27. The van der Waals surface area contributed by atoms with E-state index in [4.69, 9.17) is 10.9 Å². The van der Waals surface area contributed by atoms with Crippen molar-refractivity contribution in [1.29, 1.82) is 0 Å². The molecule has 0 atom stereocenters. The van der Waals surface area contributed by atoms with E-state index in [1.807, 2.05) is 0 Å². The predicted molar refractivity (Wildman–Crippen MR) is 54.4 cm³/mol. The normalized spacial score (nSPS) is 11.9. The SMILES string of the molecule is NC(CCCCSc1ncn[nH]1)=NO. The fourth-order valence-electron chi connectivity index (χ4n) is 0.891. The van der Waals surface area contributed by atoms with E-state index in [1.54, 1.807) is 11.8 Å². The Morgan fingerprint density at radius 3 is 3.14 bits per heavy atom. The lowest BCUT2D eigenvalue weighted by Crippen LogP contribution is -2.10. The highest BCUT2D eigenvalue weighted by atomic mass is 32.2. The lowest BCUT2D eigenvalue weighted by molar-refractivity contribution is 0.316. The maximum atomic E-state index is 8.28. The van der Waals surface area contributed by atoms with E-state index in [1.165, 1.54) is 6.33 Å². The van der Waals surface area contributed by atoms with Crippen molar-refractivity contribution in [2.45, 2.75) is 24.4 Å². The zero-order valence-electron chi connectivity index (χ0n) is 7.68. The molecule has 0 fully saturated rings. The number of hydrogen-bond acceptors (Lipinski definition) is 5. The molecule has 1 rings (SSSR count). The van der Waals surface area contributed by atoms with Crippen LogP contribution in [-0.2, 0) is 0 Å². The van der Waals surface area contributed by atoms with Crippen LogP contribution in [0.1, 0.15) is 19.3 Å². The average molecular weight is 215 g/mol. The number of nitrogens with zero attached hydrogens (tertiary/aromatic N) is 3. The summed E-state index contributed by atoms with van der Waals surface area (Å²) in [7, 11) is 0. The van der Waals surface area contributed by atoms with E-state index >= 15 is 0 Å². The van der Waals surface area contributed by atoms with Crippen molar-refractivity contribution >= 4 is 17.6 Å². The molecule has 7 heteroatoms. The molecule has 0 unspecified atom stereocenters. The van der Waals surface area contributed by atoms with Gasteiger partial charge in [-0.3, -0.25) is 5.10 Å². The minimum atomic E-state index is 0.287. The van der Waals surface area contributed by atoms with Gasteiger partial charge in [0.05, 0.1) is 0 Å². The average Bonchev–Trinajstić information content (AvgIpc) is 2.69. The van der Waals surface area contributed by atoms with Crippen LogP contribution in [0.4, 0.5) is 0 Å². The summed E-state index contributed by atoms with van der Waals surface area (Å²) in [6.45, 7) is 0. The number of thioether (sulfide) groups is 1. The third-order valence-electron chi connectivity index (χ3n) is 1.59. The Bertz CT molecular complexity index is 274. The Morgan fingerprint density at radius 1 is 1.64 bits per heavy atom. The highest BCUT2D eigenvalue weighted by Crippen LogP contribution is 2.13. The summed E-state index contributed by atoms with van der Waals surface area (Å²) in [5, 5.41) is 18.5. The van der Waals surface area contributed by atoms with E-state index in [0.717, 1.165) is 23.8 Å². The number of aromatic nitrogens is 3. The van der Waals surface area contributed by atoms with Crippen LogP contribution < -0.4 is 5.73 Å². The second kappa shape index (κ2) is 6.25. The van der Waals surface area contributed by atoms with Crippen molar-refractivity contribution in [3.05, 3.63) is 6.33 Å². The summed E-state index contributed by atoms with van der Waals surface area (Å²) >= 11 is 1.61. The van der Waals surface area contributed by atoms with Gasteiger partial charge in [0.2, 0.25) is 0 Å². The highest BCUT2D eigenvalue weighted by molar-refractivity contribution is 7.99. The van der Waals surface area contributed by atoms with Crippen LogP contribution in [0.15, 0.2) is 16.6 Å². The van der Waals surface area contributed by atoms with Gasteiger partial charge in [0.1, 0.15) is 12.2 Å². The van der Waals surface area contributed by atoms with Crippen LogP contribution in [0.2, 0.25) is 0 Å². The van der Waals surface area contributed by atoms with E-state index in [0.29, 0.717) is 6.42 Å². The van der Waals surface area contributed by atoms with E-state index in [2.05, 4.69) is 20.3 Å². The van der Waals surface area contributed by atoms with Gasteiger partial charge in [-0.1, -0.05) is 16.9 Å². The number of oxime groups is 1. The molecule has 0 aliphatic carbocycles. The van der Waals surface area contributed by atoms with Crippen LogP contribution >= 0.6 is 11.8 Å². The molecule has 0 aliphatic rings. The maximum Gasteiger partial charge on any atom is 0.183 e. The van der Waals surface area contributed by atoms with Crippen molar-refractivity contribution < 1.29 is 5.21 Å². The second-order valence-electron chi connectivity index (χ2n) is 2.69. The van der Waals surface area contributed by atoms with Gasteiger partial charge in [-0.15, -0.1) is 0 Å². The van der Waals surface area contributed by atoms with Gasteiger partial charge in [-0.25, -0.2) is 4.98 Å². The highest BCUT2D eigenvalue weighted by Gasteiger charge is 1.97. The quantitative estimate of drug-likeness (QED) is 0.163. The Labute approximate surface area is 86.0 Å². The molecule has 1 aromatic heterocycles. The molecule has 1 aromatic rings. The van der Waals surface area contributed by atoms with E-state index in [-0.39, 0.29) is 5.84 Å². The third kappa shape index (κ3) is 4.13. The van der Waals surface area contributed by atoms with Crippen LogP contribution in [-0.4, -0.2) is 32.0 Å². The van der Waals surface area contributed by atoms with Crippen molar-refractivity contribution in [3.63, 3.8) is 0 Å². The molecule has 0 spiro atoms. The first-order chi connectivity index (χ1) is 6.83. The van der Waals surface area contributed by atoms with Gasteiger partial charge in [-0.05, 0) is 12.8 Å². The van der Waals surface area contributed by atoms with Crippen molar-refractivity contribution in [3.8, 4) is 0 Å². The Kier molecular flexibility index (Phi) is 4.84. The summed E-state index contributed by atoms with van der Waals surface area (Å²) < 4.78 is 0. The molecule has 0 amide bonds. The zero-order valence-corrected chi connectivity index (χ0v) is 8.50. The number of aromatic amines is 1. The number of H-pyrrole nitrogens is 1. The van der Waals surface area contributed by atoms with Crippen molar-refractivity contribution in [2.24, 2.45) is 10.9 Å². The second-order valence-corrected chi connectivity index (χ2v) is 3.77. The molecule has 4 N–H and O–H groups in total. The molecule has 0 saturated heterocycles. The molecule has 1 heterocycles. The van der Waals surface area contributed by atoms with Gasteiger partial charge in [0.25, 0.3) is 0 Å². The fraction of sp³-hybridized carbons (Fsp3) is 0.571. The predicted octanol–water partition coefficient (Wildman–Crippen LogP) is 0.813. The van der Waals surface area contributed by atoms with Crippen LogP contribution in [0.5, 0.6) is 0 Å². The van der Waals surface area contributed by atoms with Crippen LogP contribution in [0.3, 0.4) is 0 Å². The first kappa shape index (κ1) is 10.8. The Hall–Kier alpha value is -1.24. The van der Waals surface area contributed by atoms with E-state index in [9.17, 15) is 0 Å². The number of nitrogens with one attached hydrogen (secondary N) is 1. The summed E-state index contributed by atoms with van der Waals surface area (Å²) in [6.07, 6.45) is 4.03. The monoisotopic (exact) mass is 215 g/mol. The molecule has 0 radical (unpaired) electrons. The third-order valence-corrected chi connectivity index (χ3v) is 2.55. The largest absolute Gasteiger partial charge is 0.409 e. The molecule has 14 heavy (non-hydrogen) atoms. The molecular formula is C7H13N5OS. The van der Waals surface area contributed by atoms with Gasteiger partial charge in [0, 0.05) is 12.2 Å². The molecule has 0 aromatic carbocycles. The van der Waals surface area contributed by atoms with Gasteiger partial charge < -0.3 is 10.9 Å². The van der Waals surface area contributed by atoms with E-state index < -0.39 is 0 Å². The number of nitrogens with two attached hydrogens (primary N) is 1. The topological polar surface area (TPSA) is 100 Å². The molecule has 0 aliphatic heterocycles. The first-order valence-corrected chi connectivity index (χ1v) is 5.26. The smallest absolute Gasteiger partial charge is 0.183 e. The lowest BCUT2D eigenvalue weighted by Gasteiger charge is -1.98. The minimum Gasteiger partial charge on any atom is -0.409 e. The molecule has 0 saturated carbocycles. The number of rotatable bonds is 6. The van der Waals surface area contributed by atoms with Gasteiger partial charge in [0.15, 0.2) is 5.16 Å². The Balaban J connectivity index is 2.00. The fourth-order valence-corrected chi connectivity index (χ4v) is 1.67. The zero-order chi connectivity index (χ0) is 10.2. The van der Waals surface area contributed by atoms with Crippen molar-refractivity contribution in [2.75, 3.05) is 5.75 Å². The lowest BCUT2D eigenvalue weighted by atomic mass is 10.2. The maximum absolute atomic E-state index is 8.28. The van der Waals surface area contributed by atoms with Gasteiger partial charge >= 0.3 is 0 Å². The van der Waals surface area contributed by atoms with Crippen molar-refractivity contribution in [1.82, 2.24) is 15.2 Å². The minimum absolute atomic E-state index is 0.287. The van der Waals surface area contributed by atoms with Crippen LogP contribution in [0.25, 0.3) is 0 Å². The molecular weight excluding hydrogens is 202 g/mol. The molecule has 78 valence electrons. The summed E-state index contributed by atoms with van der Waals surface area (Å²) in [6, 6.07) is 0. The molecule has 6 nitrogen and oxygen atoms in total. The summed E-state index contributed by atoms with van der Waals surface area (Å²) in [5.41, 5.74) is 5.31. The van der Waals surface area contributed by atoms with Crippen LogP contribution in [0, 0.1) is 0 Å². The number of hydrogen-bond donors (Lipinski definition) is 3. The summed E-state index contributed by atoms with van der Waals surface area (Å²) in [5.74, 6) is 1.24. The molecule has 0 bridgehead atoms. The standard InChI is InChI=1S/C7H13N5OS/c8-6(12-13)3-1-2-4-14-7-9-5-10-11-7/h5,13H,1-4H2,(H2,8,12)(H,9,10,11). The summed E-state index contributed by atoms with van der Waals surface area (Å²) in [4.78, 5) is 3.97. The van der Waals surface area contributed by atoms with Gasteiger partial charge in [-0.2, -0.15) is 5.10 Å². The Morgan fingerprint density at radius 2 is 2.50 bits per heavy atom.